The predicted octanol–water partition coefficient (Wildman–Crippen LogP) is 4.41. The summed E-state index contributed by atoms with van der Waals surface area (Å²) in [6.07, 6.45) is 0.769. The summed E-state index contributed by atoms with van der Waals surface area (Å²) in [7, 11) is 0. The van der Waals surface area contributed by atoms with Crippen LogP contribution in [0.4, 0.5) is 0 Å². The fourth-order valence-electron chi connectivity index (χ4n) is 1.83. The summed E-state index contributed by atoms with van der Waals surface area (Å²) in [5.74, 6) is 1.52. The molecule has 3 nitrogen and oxygen atoms in total. The zero-order chi connectivity index (χ0) is 15.1. The first-order valence-corrected chi connectivity index (χ1v) is 7.86. The van der Waals surface area contributed by atoms with Gasteiger partial charge in [0.1, 0.15) is 11.5 Å². The molecule has 5 heteroatoms. The first kappa shape index (κ1) is 16.1. The van der Waals surface area contributed by atoms with Gasteiger partial charge >= 0.3 is 0 Å². The molecule has 0 radical (unpaired) electrons. The Balaban J connectivity index is 1.75. The lowest BCUT2D eigenvalue weighted by Gasteiger charge is -2.11. The molecule has 0 saturated carbocycles. The van der Waals surface area contributed by atoms with Crippen LogP contribution in [-0.2, 0) is 6.54 Å². The molecule has 0 bridgehead atoms. The van der Waals surface area contributed by atoms with Gasteiger partial charge < -0.3 is 15.2 Å². The molecular formula is C16H17BrClNO2. The minimum atomic E-state index is 0.473. The van der Waals surface area contributed by atoms with Crippen LogP contribution in [0.2, 0.25) is 5.02 Å². The maximum absolute atomic E-state index is 6.08. The molecule has 0 fully saturated rings. The van der Waals surface area contributed by atoms with Crippen LogP contribution in [0.1, 0.15) is 12.0 Å². The lowest BCUT2D eigenvalue weighted by Crippen LogP contribution is -2.07. The largest absolute Gasteiger partial charge is 0.493 e. The normalized spacial score (nSPS) is 10.4. The lowest BCUT2D eigenvalue weighted by atomic mass is 10.2. The SMILES string of the molecule is NCc1ccccc1OCCCOc1ccc(Br)cc1Cl. The van der Waals surface area contributed by atoms with Crippen molar-refractivity contribution < 1.29 is 9.47 Å². The first-order valence-electron chi connectivity index (χ1n) is 6.69. The number of ether oxygens (including phenoxy) is 2. The van der Waals surface area contributed by atoms with Crippen LogP contribution in [0.3, 0.4) is 0 Å². The van der Waals surface area contributed by atoms with E-state index < -0.39 is 0 Å². The standard InChI is InChI=1S/C16H17BrClNO2/c17-13-6-7-16(14(18)10-13)21-9-3-8-20-15-5-2-1-4-12(15)11-19/h1-2,4-7,10H,3,8-9,11,19H2. The van der Waals surface area contributed by atoms with Crippen LogP contribution in [0.25, 0.3) is 0 Å². The fraction of sp³-hybridized carbons (Fsp3) is 0.250. The molecule has 2 rings (SSSR count). The maximum atomic E-state index is 6.08. The van der Waals surface area contributed by atoms with Gasteiger partial charge in [-0.05, 0) is 24.3 Å². The Bertz CT molecular complexity index is 592. The van der Waals surface area contributed by atoms with E-state index in [2.05, 4.69) is 15.9 Å². The number of rotatable bonds is 7. The van der Waals surface area contributed by atoms with Crippen molar-refractivity contribution >= 4 is 27.5 Å². The first-order chi connectivity index (χ1) is 10.2. The second kappa shape index (κ2) is 8.27. The van der Waals surface area contributed by atoms with E-state index in [0.717, 1.165) is 22.2 Å². The number of nitrogens with two attached hydrogens (primary N) is 1. The molecule has 0 spiro atoms. The van der Waals surface area contributed by atoms with Crippen molar-refractivity contribution in [1.29, 1.82) is 0 Å². The van der Waals surface area contributed by atoms with Gasteiger partial charge in [0.2, 0.25) is 0 Å². The Hall–Kier alpha value is -1.23. The van der Waals surface area contributed by atoms with Crippen molar-refractivity contribution in [1.82, 2.24) is 0 Å². The van der Waals surface area contributed by atoms with Crippen LogP contribution in [-0.4, -0.2) is 13.2 Å². The van der Waals surface area contributed by atoms with Gasteiger partial charge in [-0.3, -0.25) is 0 Å². The number of benzene rings is 2. The quantitative estimate of drug-likeness (QED) is 0.734. The molecular weight excluding hydrogens is 354 g/mol. The molecule has 0 aliphatic rings. The molecule has 2 aromatic carbocycles. The maximum Gasteiger partial charge on any atom is 0.137 e. The van der Waals surface area contributed by atoms with Gasteiger partial charge in [0.15, 0.2) is 0 Å². The van der Waals surface area contributed by atoms with Gasteiger partial charge in [0.05, 0.1) is 18.2 Å². The molecule has 0 saturated heterocycles. The highest BCUT2D eigenvalue weighted by Crippen LogP contribution is 2.27. The highest BCUT2D eigenvalue weighted by atomic mass is 79.9. The molecule has 2 aromatic rings. The van der Waals surface area contributed by atoms with E-state index >= 15 is 0 Å². The number of hydrogen-bond donors (Lipinski definition) is 1. The number of halogens is 2. The summed E-state index contributed by atoms with van der Waals surface area (Å²) in [4.78, 5) is 0. The Morgan fingerprint density at radius 2 is 1.71 bits per heavy atom. The Kier molecular flexibility index (Phi) is 6.36. The Labute approximate surface area is 138 Å². The van der Waals surface area contributed by atoms with Crippen LogP contribution >= 0.6 is 27.5 Å². The van der Waals surface area contributed by atoms with E-state index in [-0.39, 0.29) is 0 Å². The van der Waals surface area contributed by atoms with Gasteiger partial charge in [-0.25, -0.2) is 0 Å². The third kappa shape index (κ3) is 4.92. The Morgan fingerprint density at radius 3 is 2.43 bits per heavy atom. The second-order valence-corrected chi connectivity index (χ2v) is 5.76. The van der Waals surface area contributed by atoms with Crippen molar-refractivity contribution in [2.24, 2.45) is 5.73 Å². The summed E-state index contributed by atoms with van der Waals surface area (Å²) in [6.45, 7) is 1.60. The average Bonchev–Trinajstić information content (AvgIpc) is 2.49. The molecule has 21 heavy (non-hydrogen) atoms. The van der Waals surface area contributed by atoms with E-state index in [1.54, 1.807) is 0 Å². The summed E-state index contributed by atoms with van der Waals surface area (Å²) >= 11 is 9.44. The van der Waals surface area contributed by atoms with Crippen LogP contribution < -0.4 is 15.2 Å². The molecule has 2 N–H and O–H groups in total. The summed E-state index contributed by atoms with van der Waals surface area (Å²) in [6, 6.07) is 13.3. The average molecular weight is 371 g/mol. The third-order valence-corrected chi connectivity index (χ3v) is 3.68. The van der Waals surface area contributed by atoms with Crippen molar-refractivity contribution in [3.63, 3.8) is 0 Å². The topological polar surface area (TPSA) is 44.5 Å². The van der Waals surface area contributed by atoms with E-state index in [9.17, 15) is 0 Å². The van der Waals surface area contributed by atoms with Crippen molar-refractivity contribution in [3.05, 3.63) is 57.5 Å². The van der Waals surface area contributed by atoms with Gasteiger partial charge in [-0.1, -0.05) is 45.7 Å². The zero-order valence-corrected chi connectivity index (χ0v) is 13.9. The molecule has 0 aliphatic heterocycles. The minimum Gasteiger partial charge on any atom is -0.493 e. The highest BCUT2D eigenvalue weighted by molar-refractivity contribution is 9.10. The molecule has 0 aromatic heterocycles. The van der Waals surface area contributed by atoms with Crippen LogP contribution in [0.15, 0.2) is 46.9 Å². The lowest BCUT2D eigenvalue weighted by molar-refractivity contribution is 0.246. The van der Waals surface area contributed by atoms with Crippen molar-refractivity contribution in [3.8, 4) is 11.5 Å². The summed E-state index contributed by atoms with van der Waals surface area (Å²) < 4.78 is 12.3. The van der Waals surface area contributed by atoms with Crippen LogP contribution in [0.5, 0.6) is 11.5 Å². The van der Waals surface area contributed by atoms with Gasteiger partial charge in [0, 0.05) is 23.0 Å². The van der Waals surface area contributed by atoms with E-state index in [4.69, 9.17) is 26.8 Å². The third-order valence-electron chi connectivity index (χ3n) is 2.89. The smallest absolute Gasteiger partial charge is 0.137 e. The molecule has 0 heterocycles. The van der Waals surface area contributed by atoms with Gasteiger partial charge in [-0.2, -0.15) is 0 Å². The van der Waals surface area contributed by atoms with Gasteiger partial charge in [-0.15, -0.1) is 0 Å². The molecule has 0 atom stereocenters. The second-order valence-electron chi connectivity index (χ2n) is 4.44. The van der Waals surface area contributed by atoms with Crippen molar-refractivity contribution in [2.45, 2.75) is 13.0 Å². The van der Waals surface area contributed by atoms with E-state index in [1.807, 2.05) is 42.5 Å². The number of para-hydroxylation sites is 1. The minimum absolute atomic E-state index is 0.473. The zero-order valence-electron chi connectivity index (χ0n) is 11.5. The molecule has 0 aliphatic carbocycles. The highest BCUT2D eigenvalue weighted by Gasteiger charge is 2.03. The van der Waals surface area contributed by atoms with E-state index in [0.29, 0.717) is 30.5 Å². The molecule has 112 valence electrons. The van der Waals surface area contributed by atoms with Crippen molar-refractivity contribution in [2.75, 3.05) is 13.2 Å². The van der Waals surface area contributed by atoms with E-state index in [1.165, 1.54) is 0 Å². The molecule has 0 unspecified atom stereocenters. The van der Waals surface area contributed by atoms with Gasteiger partial charge in [0.25, 0.3) is 0 Å². The Morgan fingerprint density at radius 1 is 1.00 bits per heavy atom. The summed E-state index contributed by atoms with van der Waals surface area (Å²) in [5, 5.41) is 0.596. The number of hydrogen-bond acceptors (Lipinski definition) is 3. The summed E-state index contributed by atoms with van der Waals surface area (Å²) in [5.41, 5.74) is 6.67. The van der Waals surface area contributed by atoms with Crippen LogP contribution in [0, 0.1) is 0 Å². The fourth-order valence-corrected chi connectivity index (χ4v) is 2.56. The molecule has 0 amide bonds. The predicted molar refractivity (Wildman–Crippen MR) is 89.1 cm³/mol. The monoisotopic (exact) mass is 369 g/mol.